The van der Waals surface area contributed by atoms with Crippen LogP contribution in [0.15, 0.2) is 229 Å². The quantitative estimate of drug-likeness (QED) is 0.162. The lowest BCUT2D eigenvalue weighted by atomic mass is 9.97. The van der Waals surface area contributed by atoms with Gasteiger partial charge in [-0.1, -0.05) is 146 Å². The van der Waals surface area contributed by atoms with E-state index in [-0.39, 0.29) is 0 Å². The number of benzene rings is 10. The Morgan fingerprint density at radius 3 is 1.70 bits per heavy atom. The topological polar surface area (TPSA) is 34.2 Å². The van der Waals surface area contributed by atoms with Crippen LogP contribution in [0.2, 0.25) is 0 Å². The van der Waals surface area contributed by atoms with E-state index in [0.717, 1.165) is 61.3 Å². The molecule has 0 aliphatic rings. The van der Waals surface area contributed by atoms with Gasteiger partial charge >= 0.3 is 0 Å². The molecule has 0 aliphatic heterocycles. The maximum absolute atomic E-state index is 6.43. The van der Waals surface area contributed by atoms with Gasteiger partial charge in [0.1, 0.15) is 5.52 Å². The number of anilines is 3. The number of aromatic nitrogens is 2. The first-order chi connectivity index (χ1) is 30.2. The second-order valence-electron chi connectivity index (χ2n) is 15.5. The Hall–Kier alpha value is -8.21. The zero-order chi connectivity index (χ0) is 40.3. The van der Waals surface area contributed by atoms with Crippen LogP contribution in [0.25, 0.3) is 93.8 Å². The van der Waals surface area contributed by atoms with E-state index in [0.29, 0.717) is 5.89 Å². The van der Waals surface area contributed by atoms with Gasteiger partial charge in [-0.25, -0.2) is 4.98 Å². The smallest absolute Gasteiger partial charge is 0.227 e. The van der Waals surface area contributed by atoms with Crippen LogP contribution in [0, 0.1) is 0 Å². The third-order valence-electron chi connectivity index (χ3n) is 12.0. The van der Waals surface area contributed by atoms with Crippen LogP contribution >= 0.6 is 0 Å². The summed E-state index contributed by atoms with van der Waals surface area (Å²) in [5, 5.41) is 7.08. The van der Waals surface area contributed by atoms with Crippen LogP contribution in [0.4, 0.5) is 17.1 Å². The van der Waals surface area contributed by atoms with Crippen LogP contribution < -0.4 is 4.90 Å². The van der Waals surface area contributed by atoms with Crippen molar-refractivity contribution >= 4 is 71.5 Å². The van der Waals surface area contributed by atoms with Gasteiger partial charge in [0.05, 0.1) is 11.0 Å². The van der Waals surface area contributed by atoms with Gasteiger partial charge in [-0.15, -0.1) is 0 Å². The Bertz CT molecular complexity index is 3560. The lowest BCUT2D eigenvalue weighted by Crippen LogP contribution is -2.10. The second kappa shape index (κ2) is 14.3. The fourth-order valence-electron chi connectivity index (χ4n) is 9.16. The molecule has 0 aliphatic carbocycles. The molecule has 0 fully saturated rings. The van der Waals surface area contributed by atoms with E-state index in [1.807, 2.05) is 30.3 Å². The summed E-state index contributed by atoms with van der Waals surface area (Å²) >= 11 is 0. The van der Waals surface area contributed by atoms with Crippen LogP contribution in [0.5, 0.6) is 0 Å². The van der Waals surface area contributed by atoms with E-state index in [2.05, 4.69) is 204 Å². The summed E-state index contributed by atoms with van der Waals surface area (Å²) in [4.78, 5) is 7.21. The van der Waals surface area contributed by atoms with E-state index in [1.165, 1.54) is 43.7 Å². The van der Waals surface area contributed by atoms with Crippen molar-refractivity contribution in [1.29, 1.82) is 0 Å². The lowest BCUT2D eigenvalue weighted by molar-refractivity contribution is 0.623. The monoisotopic (exact) mass is 779 g/mol. The number of para-hydroxylation sites is 2. The number of rotatable bonds is 7. The highest BCUT2D eigenvalue weighted by Gasteiger charge is 2.19. The summed E-state index contributed by atoms with van der Waals surface area (Å²) in [6.45, 7) is 0. The molecule has 61 heavy (non-hydrogen) atoms. The fraction of sp³-hybridized carbons (Fsp3) is 0. The maximum Gasteiger partial charge on any atom is 0.227 e. The zero-order valence-electron chi connectivity index (χ0n) is 33.1. The minimum Gasteiger partial charge on any atom is -0.435 e. The van der Waals surface area contributed by atoms with Gasteiger partial charge in [0, 0.05) is 44.5 Å². The van der Waals surface area contributed by atoms with E-state index in [9.17, 15) is 0 Å². The molecule has 0 unspecified atom stereocenters. The Balaban J connectivity index is 0.986. The van der Waals surface area contributed by atoms with Gasteiger partial charge in [-0.05, 0) is 117 Å². The molecule has 0 amide bonds. The Morgan fingerprint density at radius 2 is 0.951 bits per heavy atom. The van der Waals surface area contributed by atoms with E-state index in [1.54, 1.807) is 0 Å². The first kappa shape index (κ1) is 34.8. The van der Waals surface area contributed by atoms with Gasteiger partial charge in [0.15, 0.2) is 5.58 Å². The van der Waals surface area contributed by atoms with Crippen molar-refractivity contribution < 1.29 is 4.42 Å². The first-order valence-corrected chi connectivity index (χ1v) is 20.7. The molecule has 0 saturated heterocycles. The number of oxazole rings is 1. The van der Waals surface area contributed by atoms with Crippen molar-refractivity contribution in [1.82, 2.24) is 9.55 Å². The van der Waals surface area contributed by atoms with Crippen LogP contribution in [0.1, 0.15) is 0 Å². The summed E-state index contributed by atoms with van der Waals surface area (Å²) in [6.07, 6.45) is 0. The molecule has 0 N–H and O–H groups in total. The highest BCUT2D eigenvalue weighted by molar-refractivity contribution is 6.11. The molecular weight excluding hydrogens is 743 g/mol. The average molecular weight is 780 g/mol. The standard InChI is InChI=1S/C57H37N3O/c1-3-14-41(15-4-1)57-58-53-35-34-49-48(22-12-23-51(49)56(53)61-57)40-27-31-44(32-28-40)59(43-29-25-39(26-30-43)47-21-11-16-38-13-7-8-19-46(38)47)45-33-36-55-52(37-45)50-20-9-10-24-54(50)60(55)42-17-5-2-6-18-42/h1-37H. The molecule has 4 nitrogen and oxygen atoms in total. The predicted molar refractivity (Wildman–Crippen MR) is 254 cm³/mol. The fourth-order valence-corrected chi connectivity index (χ4v) is 9.16. The summed E-state index contributed by atoms with van der Waals surface area (Å²) in [5.74, 6) is 0.630. The maximum atomic E-state index is 6.43. The third kappa shape index (κ3) is 5.88. The predicted octanol–water partition coefficient (Wildman–Crippen LogP) is 15.7. The molecule has 0 bridgehead atoms. The number of hydrogen-bond acceptors (Lipinski definition) is 3. The van der Waals surface area contributed by atoms with Gasteiger partial charge in [0.25, 0.3) is 0 Å². The summed E-state index contributed by atoms with van der Waals surface area (Å²) in [5.41, 5.74) is 14.0. The normalized spacial score (nSPS) is 11.6. The number of hydrogen-bond donors (Lipinski definition) is 0. The van der Waals surface area contributed by atoms with Gasteiger partial charge in [-0.2, -0.15) is 0 Å². The van der Waals surface area contributed by atoms with Crippen molar-refractivity contribution in [2.24, 2.45) is 0 Å². The summed E-state index contributed by atoms with van der Waals surface area (Å²) < 4.78 is 8.80. The highest BCUT2D eigenvalue weighted by Crippen LogP contribution is 2.42. The van der Waals surface area contributed by atoms with Crippen molar-refractivity contribution in [3.05, 3.63) is 224 Å². The molecule has 12 aromatic rings. The zero-order valence-corrected chi connectivity index (χ0v) is 33.1. The molecule has 10 aromatic carbocycles. The van der Waals surface area contributed by atoms with E-state index < -0.39 is 0 Å². The molecule has 0 saturated carbocycles. The molecule has 286 valence electrons. The van der Waals surface area contributed by atoms with E-state index in [4.69, 9.17) is 9.40 Å². The minimum atomic E-state index is 0.630. The molecule has 4 heteroatoms. The molecule has 2 aromatic heterocycles. The average Bonchev–Trinajstić information content (AvgIpc) is 3.93. The summed E-state index contributed by atoms with van der Waals surface area (Å²) in [6, 6.07) is 80.1. The highest BCUT2D eigenvalue weighted by atomic mass is 16.3. The van der Waals surface area contributed by atoms with E-state index >= 15 is 0 Å². The van der Waals surface area contributed by atoms with Gasteiger partial charge < -0.3 is 13.9 Å². The minimum absolute atomic E-state index is 0.630. The van der Waals surface area contributed by atoms with Crippen molar-refractivity contribution in [3.63, 3.8) is 0 Å². The molecular formula is C57H37N3O. The molecule has 0 spiro atoms. The van der Waals surface area contributed by atoms with Crippen molar-refractivity contribution in [2.45, 2.75) is 0 Å². The van der Waals surface area contributed by atoms with Crippen LogP contribution in [-0.4, -0.2) is 9.55 Å². The first-order valence-electron chi connectivity index (χ1n) is 20.7. The summed E-state index contributed by atoms with van der Waals surface area (Å²) in [7, 11) is 0. The molecule has 0 radical (unpaired) electrons. The van der Waals surface area contributed by atoms with Gasteiger partial charge in [-0.3, -0.25) is 0 Å². The number of fused-ring (bicyclic) bond motifs is 7. The van der Waals surface area contributed by atoms with Crippen molar-refractivity contribution in [2.75, 3.05) is 4.90 Å². The molecule has 12 rings (SSSR count). The Labute approximate surface area is 352 Å². The second-order valence-corrected chi connectivity index (χ2v) is 15.5. The number of nitrogens with zero attached hydrogens (tertiary/aromatic N) is 3. The van der Waals surface area contributed by atoms with Gasteiger partial charge in [0.2, 0.25) is 5.89 Å². The lowest BCUT2D eigenvalue weighted by Gasteiger charge is -2.26. The molecule has 0 atom stereocenters. The van der Waals surface area contributed by atoms with Crippen LogP contribution in [-0.2, 0) is 0 Å². The molecule has 2 heterocycles. The SMILES string of the molecule is c1ccc(-c2nc3ccc4c(-c5ccc(N(c6ccc(-c7cccc8ccccc78)cc6)c6ccc7c(c6)c6ccccc6n7-c6ccccc6)cc5)cccc4c3o2)cc1. The van der Waals surface area contributed by atoms with Crippen LogP contribution in [0.3, 0.4) is 0 Å². The Kier molecular flexibility index (Phi) is 8.13. The van der Waals surface area contributed by atoms with Crippen molar-refractivity contribution in [3.8, 4) is 39.4 Å². The Morgan fingerprint density at radius 1 is 0.377 bits per heavy atom. The third-order valence-corrected chi connectivity index (χ3v) is 12.0. The largest absolute Gasteiger partial charge is 0.435 e.